The van der Waals surface area contributed by atoms with Crippen LogP contribution in [0.4, 0.5) is 20.3 Å². The van der Waals surface area contributed by atoms with E-state index < -0.39 is 11.6 Å². The van der Waals surface area contributed by atoms with Gasteiger partial charge < -0.3 is 10.2 Å². The molecule has 5 rings (SSSR count). The molecule has 4 nitrogen and oxygen atoms in total. The lowest BCUT2D eigenvalue weighted by molar-refractivity contribution is 0.507. The summed E-state index contributed by atoms with van der Waals surface area (Å²) >= 11 is 1.64. The van der Waals surface area contributed by atoms with Crippen LogP contribution in [0.3, 0.4) is 0 Å². The number of fused-ring (bicyclic) bond motifs is 1. The summed E-state index contributed by atoms with van der Waals surface area (Å²) in [5, 5.41) is 4.52. The number of nitrogens with one attached hydrogen (secondary N) is 1. The van der Waals surface area contributed by atoms with E-state index in [1.165, 1.54) is 17.0 Å². The monoisotopic (exact) mass is 436 g/mol. The van der Waals surface area contributed by atoms with Crippen LogP contribution < -0.4 is 10.2 Å². The van der Waals surface area contributed by atoms with Crippen molar-refractivity contribution in [2.75, 3.05) is 24.3 Å². The van der Waals surface area contributed by atoms with E-state index in [4.69, 9.17) is 9.97 Å². The highest BCUT2D eigenvalue weighted by atomic mass is 32.1. The van der Waals surface area contributed by atoms with Gasteiger partial charge in [0.15, 0.2) is 17.5 Å². The number of aryl methyl sites for hydroxylation is 1. The topological polar surface area (TPSA) is 41.1 Å². The Labute approximate surface area is 183 Å². The first-order valence-electron chi connectivity index (χ1n) is 10.2. The molecule has 0 radical (unpaired) electrons. The minimum Gasteiger partial charge on any atom is -0.378 e. The number of halogens is 2. The number of anilines is 2. The molecular formula is C24H22F2N4S. The second kappa shape index (κ2) is 7.57. The molecule has 0 saturated heterocycles. The molecule has 1 N–H and O–H groups in total. The molecule has 2 aromatic heterocycles. The fourth-order valence-corrected chi connectivity index (χ4v) is 4.73. The van der Waals surface area contributed by atoms with Gasteiger partial charge in [0, 0.05) is 42.2 Å². The highest BCUT2D eigenvalue weighted by molar-refractivity contribution is 7.18. The summed E-state index contributed by atoms with van der Waals surface area (Å²) in [6.45, 7) is 2.06. The summed E-state index contributed by atoms with van der Waals surface area (Å²) in [5.74, 6) is -0.0190. The lowest BCUT2D eigenvalue weighted by Crippen LogP contribution is -2.09. The van der Waals surface area contributed by atoms with E-state index in [2.05, 4.69) is 24.4 Å². The van der Waals surface area contributed by atoms with E-state index in [-0.39, 0.29) is 12.0 Å². The van der Waals surface area contributed by atoms with Gasteiger partial charge in [-0.05, 0) is 49.2 Å². The van der Waals surface area contributed by atoms with Crippen LogP contribution in [0.2, 0.25) is 0 Å². The summed E-state index contributed by atoms with van der Waals surface area (Å²) in [7, 11) is 4.01. The van der Waals surface area contributed by atoms with Crippen molar-refractivity contribution in [2.24, 2.45) is 0 Å². The average molecular weight is 437 g/mol. The standard InChI is InChI=1S/C24H22F2N4S/c1-13-9-18-23(27-21-12-17(21)14-7-8-19(25)20(26)11-14)28-22(29-24(18)31-13)15-5-4-6-16(10-15)30(2)3/h4-11,17,21H,12H2,1-3H3,(H,27,28,29)/t17-,21+/m0/s1. The number of hydrogen-bond acceptors (Lipinski definition) is 5. The largest absolute Gasteiger partial charge is 0.378 e. The Morgan fingerprint density at radius 1 is 1.03 bits per heavy atom. The molecule has 2 aromatic carbocycles. The second-order valence-electron chi connectivity index (χ2n) is 8.18. The minimum absolute atomic E-state index is 0.129. The van der Waals surface area contributed by atoms with Crippen LogP contribution in [-0.4, -0.2) is 30.1 Å². The van der Waals surface area contributed by atoms with E-state index in [1.54, 1.807) is 17.4 Å². The lowest BCUT2D eigenvalue weighted by Gasteiger charge is -2.14. The predicted molar refractivity (Wildman–Crippen MR) is 123 cm³/mol. The number of rotatable bonds is 5. The molecule has 1 aliphatic rings. The Balaban J connectivity index is 1.48. The molecule has 1 fully saturated rings. The molecule has 7 heteroatoms. The van der Waals surface area contributed by atoms with Gasteiger partial charge in [0.2, 0.25) is 0 Å². The van der Waals surface area contributed by atoms with Crippen LogP contribution in [0.5, 0.6) is 0 Å². The minimum atomic E-state index is -0.815. The number of benzene rings is 2. The Hall–Kier alpha value is -3.06. The van der Waals surface area contributed by atoms with Crippen molar-refractivity contribution in [2.45, 2.75) is 25.3 Å². The zero-order chi connectivity index (χ0) is 21.7. The summed E-state index contributed by atoms with van der Waals surface area (Å²) < 4.78 is 26.9. The third kappa shape index (κ3) is 3.85. The van der Waals surface area contributed by atoms with Crippen molar-refractivity contribution in [3.8, 4) is 11.4 Å². The van der Waals surface area contributed by atoms with Gasteiger partial charge in [-0.2, -0.15) is 0 Å². The van der Waals surface area contributed by atoms with Gasteiger partial charge in [0.25, 0.3) is 0 Å². The maximum atomic E-state index is 13.6. The van der Waals surface area contributed by atoms with Crippen molar-refractivity contribution >= 4 is 33.1 Å². The number of thiophene rings is 1. The number of aromatic nitrogens is 2. The Morgan fingerprint density at radius 3 is 2.65 bits per heavy atom. The molecule has 1 saturated carbocycles. The first kappa shape index (κ1) is 19.9. The van der Waals surface area contributed by atoms with Gasteiger partial charge in [-0.3, -0.25) is 0 Å². The van der Waals surface area contributed by atoms with Gasteiger partial charge in [-0.1, -0.05) is 18.2 Å². The average Bonchev–Trinajstić information content (AvgIpc) is 3.40. The van der Waals surface area contributed by atoms with Crippen LogP contribution in [0.15, 0.2) is 48.5 Å². The second-order valence-corrected chi connectivity index (χ2v) is 9.42. The molecule has 1 aliphatic carbocycles. The van der Waals surface area contributed by atoms with Crippen LogP contribution >= 0.6 is 11.3 Å². The molecule has 0 bridgehead atoms. The fourth-order valence-electron chi connectivity index (χ4n) is 3.85. The zero-order valence-electron chi connectivity index (χ0n) is 17.5. The van der Waals surface area contributed by atoms with E-state index in [0.717, 1.165) is 39.3 Å². The number of hydrogen-bond donors (Lipinski definition) is 1. The van der Waals surface area contributed by atoms with Crippen molar-refractivity contribution in [1.29, 1.82) is 0 Å². The Morgan fingerprint density at radius 2 is 1.87 bits per heavy atom. The highest BCUT2D eigenvalue weighted by Crippen LogP contribution is 2.44. The molecule has 2 atom stereocenters. The highest BCUT2D eigenvalue weighted by Gasteiger charge is 2.39. The van der Waals surface area contributed by atoms with E-state index in [1.807, 2.05) is 37.2 Å². The molecule has 31 heavy (non-hydrogen) atoms. The normalized spacial score (nSPS) is 17.7. The maximum absolute atomic E-state index is 13.6. The first-order chi connectivity index (χ1) is 14.9. The van der Waals surface area contributed by atoms with Crippen molar-refractivity contribution < 1.29 is 8.78 Å². The van der Waals surface area contributed by atoms with Crippen molar-refractivity contribution in [1.82, 2.24) is 9.97 Å². The fraction of sp³-hybridized carbons (Fsp3) is 0.250. The smallest absolute Gasteiger partial charge is 0.163 e. The lowest BCUT2D eigenvalue weighted by atomic mass is 10.1. The summed E-state index contributed by atoms with van der Waals surface area (Å²) in [5.41, 5.74) is 2.84. The van der Waals surface area contributed by atoms with Gasteiger partial charge in [0.05, 0.1) is 5.39 Å². The van der Waals surface area contributed by atoms with E-state index in [9.17, 15) is 8.78 Å². The van der Waals surface area contributed by atoms with Crippen LogP contribution in [0.25, 0.3) is 21.6 Å². The molecular weight excluding hydrogens is 414 g/mol. The third-order valence-corrected chi connectivity index (χ3v) is 6.57. The van der Waals surface area contributed by atoms with Crippen LogP contribution in [-0.2, 0) is 0 Å². The third-order valence-electron chi connectivity index (χ3n) is 5.62. The number of nitrogens with zero attached hydrogens (tertiary/aromatic N) is 3. The Bertz CT molecular complexity index is 1280. The SMILES string of the molecule is Cc1cc2c(N[C@@H]3C[C@H]3c3ccc(F)c(F)c3)nc(-c3cccc(N(C)C)c3)nc2s1. The summed E-state index contributed by atoms with van der Waals surface area (Å²) in [4.78, 5) is 13.8. The van der Waals surface area contributed by atoms with E-state index >= 15 is 0 Å². The van der Waals surface area contributed by atoms with Crippen molar-refractivity contribution in [3.63, 3.8) is 0 Å². The van der Waals surface area contributed by atoms with Gasteiger partial charge in [-0.25, -0.2) is 18.7 Å². The van der Waals surface area contributed by atoms with Gasteiger partial charge >= 0.3 is 0 Å². The quantitative estimate of drug-likeness (QED) is 0.418. The molecule has 0 amide bonds. The van der Waals surface area contributed by atoms with E-state index in [0.29, 0.717) is 5.82 Å². The predicted octanol–water partition coefficient (Wildman–Crippen LogP) is 5.98. The van der Waals surface area contributed by atoms with Crippen molar-refractivity contribution in [3.05, 3.63) is 70.6 Å². The Kier molecular flexibility index (Phi) is 4.85. The summed E-state index contributed by atoms with van der Waals surface area (Å²) in [6, 6.07) is 14.5. The molecule has 0 unspecified atom stereocenters. The molecule has 0 spiro atoms. The maximum Gasteiger partial charge on any atom is 0.163 e. The first-order valence-corrected chi connectivity index (χ1v) is 11.0. The summed E-state index contributed by atoms with van der Waals surface area (Å²) in [6.07, 6.45) is 0.852. The van der Waals surface area contributed by atoms with Crippen LogP contribution in [0, 0.1) is 18.6 Å². The van der Waals surface area contributed by atoms with Crippen LogP contribution in [0.1, 0.15) is 22.8 Å². The molecule has 158 valence electrons. The zero-order valence-corrected chi connectivity index (χ0v) is 18.3. The molecule has 4 aromatic rings. The van der Waals surface area contributed by atoms with Gasteiger partial charge in [-0.15, -0.1) is 11.3 Å². The molecule has 0 aliphatic heterocycles. The van der Waals surface area contributed by atoms with Gasteiger partial charge in [0.1, 0.15) is 10.6 Å². The molecule has 2 heterocycles.